The summed E-state index contributed by atoms with van der Waals surface area (Å²) in [6.07, 6.45) is 5.79. The Balaban J connectivity index is 1.45. The Morgan fingerprint density at radius 1 is 1.19 bits per heavy atom. The van der Waals surface area contributed by atoms with Gasteiger partial charge in [0.1, 0.15) is 5.54 Å². The first-order chi connectivity index (χ1) is 13.2. The highest BCUT2D eigenvalue weighted by Gasteiger charge is 2.56. The van der Waals surface area contributed by atoms with E-state index in [1.807, 2.05) is 17.2 Å². The number of carbonyl (C=O) groups is 1. The molecule has 1 spiro atoms. The number of carbonyl (C=O) groups excluding carboxylic acids is 1. The number of nitrogens with one attached hydrogen (secondary N) is 1. The molecule has 5 rings (SSSR count). The van der Waals surface area contributed by atoms with Crippen LogP contribution in [-0.2, 0) is 11.2 Å². The van der Waals surface area contributed by atoms with E-state index in [9.17, 15) is 4.79 Å². The zero-order valence-electron chi connectivity index (χ0n) is 15.5. The number of anilines is 2. The molecular formula is C23H23N3O. The second kappa shape index (κ2) is 6.08. The number of hydrogen-bond donors (Lipinski definition) is 1. The van der Waals surface area contributed by atoms with Crippen LogP contribution in [0.4, 0.5) is 11.4 Å². The Bertz CT molecular complexity index is 933. The van der Waals surface area contributed by atoms with Gasteiger partial charge in [0.25, 0.3) is 5.91 Å². The molecule has 4 nitrogen and oxygen atoms in total. The van der Waals surface area contributed by atoms with Crippen molar-refractivity contribution < 1.29 is 4.79 Å². The normalized spacial score (nSPS) is 25.8. The van der Waals surface area contributed by atoms with Gasteiger partial charge in [-0.3, -0.25) is 9.79 Å². The zero-order chi connectivity index (χ0) is 18.4. The molecule has 1 saturated heterocycles. The van der Waals surface area contributed by atoms with Gasteiger partial charge in [0.05, 0.1) is 6.54 Å². The Morgan fingerprint density at radius 2 is 2.00 bits per heavy atom. The molecule has 27 heavy (non-hydrogen) atoms. The van der Waals surface area contributed by atoms with Gasteiger partial charge < -0.3 is 10.2 Å². The summed E-state index contributed by atoms with van der Waals surface area (Å²) in [5.41, 5.74) is 5.14. The summed E-state index contributed by atoms with van der Waals surface area (Å²) >= 11 is 0. The minimum atomic E-state index is -0.502. The number of fused-ring (bicyclic) bond motifs is 1. The topological polar surface area (TPSA) is 44.7 Å². The number of nitrogens with zero attached hydrogens (tertiary/aromatic N) is 2. The maximum absolute atomic E-state index is 13.5. The van der Waals surface area contributed by atoms with Gasteiger partial charge in [-0.2, -0.15) is 0 Å². The number of para-hydroxylation sites is 1. The molecule has 1 amide bonds. The van der Waals surface area contributed by atoms with Crippen LogP contribution >= 0.6 is 0 Å². The highest BCUT2D eigenvalue weighted by molar-refractivity contribution is 6.12. The maximum Gasteiger partial charge on any atom is 0.253 e. The summed E-state index contributed by atoms with van der Waals surface area (Å²) in [5.74, 6) is 0.488. The molecule has 3 aliphatic heterocycles. The van der Waals surface area contributed by atoms with Crippen LogP contribution in [0.2, 0.25) is 0 Å². The molecular weight excluding hydrogens is 334 g/mol. The molecule has 0 bridgehead atoms. The van der Waals surface area contributed by atoms with E-state index in [4.69, 9.17) is 0 Å². The Morgan fingerprint density at radius 3 is 2.70 bits per heavy atom. The molecule has 1 fully saturated rings. The van der Waals surface area contributed by atoms with Crippen LogP contribution in [0.15, 0.2) is 59.6 Å². The third kappa shape index (κ3) is 2.43. The van der Waals surface area contributed by atoms with Crippen LogP contribution in [0.3, 0.4) is 0 Å². The number of amides is 1. The van der Waals surface area contributed by atoms with Crippen LogP contribution in [0.1, 0.15) is 24.5 Å². The Labute approximate surface area is 159 Å². The highest BCUT2D eigenvalue weighted by atomic mass is 16.2. The van der Waals surface area contributed by atoms with Crippen molar-refractivity contribution in [2.75, 3.05) is 23.3 Å². The smallest absolute Gasteiger partial charge is 0.253 e. The third-order valence-electron chi connectivity index (χ3n) is 6.22. The van der Waals surface area contributed by atoms with E-state index >= 15 is 0 Å². The largest absolute Gasteiger partial charge is 0.370 e. The first-order valence-electron chi connectivity index (χ1n) is 9.70. The van der Waals surface area contributed by atoms with E-state index in [0.717, 1.165) is 48.4 Å². The molecule has 3 aliphatic rings. The van der Waals surface area contributed by atoms with Gasteiger partial charge in [0, 0.05) is 36.5 Å². The number of hydrogen-bond acceptors (Lipinski definition) is 3. The first kappa shape index (κ1) is 16.3. The summed E-state index contributed by atoms with van der Waals surface area (Å²) in [6, 6.07) is 16.6. The van der Waals surface area contributed by atoms with E-state index in [2.05, 4.69) is 65.8 Å². The number of aliphatic imine (C=N–C) groups is 1. The van der Waals surface area contributed by atoms with Crippen molar-refractivity contribution in [2.45, 2.75) is 25.3 Å². The molecule has 2 unspecified atom stereocenters. The monoisotopic (exact) mass is 357 g/mol. The second-order valence-corrected chi connectivity index (χ2v) is 7.65. The lowest BCUT2D eigenvalue weighted by Gasteiger charge is -2.28. The average molecular weight is 357 g/mol. The minimum absolute atomic E-state index is 0.194. The van der Waals surface area contributed by atoms with Crippen LogP contribution in [-0.4, -0.2) is 30.8 Å². The zero-order valence-corrected chi connectivity index (χ0v) is 15.5. The van der Waals surface area contributed by atoms with Gasteiger partial charge in [0.15, 0.2) is 0 Å². The van der Waals surface area contributed by atoms with Crippen LogP contribution in [0, 0.1) is 5.92 Å². The molecule has 2 atom stereocenters. The predicted octanol–water partition coefficient (Wildman–Crippen LogP) is 3.93. The molecule has 4 heteroatoms. The fourth-order valence-corrected chi connectivity index (χ4v) is 4.71. The summed E-state index contributed by atoms with van der Waals surface area (Å²) < 4.78 is 0. The van der Waals surface area contributed by atoms with Gasteiger partial charge >= 0.3 is 0 Å². The Hall–Kier alpha value is -2.88. The van der Waals surface area contributed by atoms with E-state index in [0.29, 0.717) is 5.92 Å². The molecule has 2 aromatic carbocycles. The van der Waals surface area contributed by atoms with Gasteiger partial charge in [-0.05, 0) is 41.3 Å². The molecule has 0 aliphatic carbocycles. The number of rotatable bonds is 3. The van der Waals surface area contributed by atoms with Crippen molar-refractivity contribution in [1.82, 2.24) is 0 Å². The summed E-state index contributed by atoms with van der Waals surface area (Å²) in [5, 5.41) is 3.60. The van der Waals surface area contributed by atoms with Crippen molar-refractivity contribution in [1.29, 1.82) is 0 Å². The lowest BCUT2D eigenvalue weighted by molar-refractivity contribution is -0.121. The maximum atomic E-state index is 13.5. The van der Waals surface area contributed by atoms with Crippen molar-refractivity contribution in [3.05, 3.63) is 65.7 Å². The summed E-state index contributed by atoms with van der Waals surface area (Å²) in [4.78, 5) is 19.8. The van der Waals surface area contributed by atoms with Crippen LogP contribution in [0.5, 0.6) is 0 Å². The van der Waals surface area contributed by atoms with Crippen molar-refractivity contribution in [2.24, 2.45) is 10.9 Å². The van der Waals surface area contributed by atoms with E-state index in [-0.39, 0.29) is 5.91 Å². The summed E-state index contributed by atoms with van der Waals surface area (Å²) in [6.45, 7) is 3.71. The molecule has 0 saturated carbocycles. The SMILES string of the molecule is CCC1CN(c2ccc(C3=CCN=C3)cc2)C(=O)C12Cc1ccccc1N2. The lowest BCUT2D eigenvalue weighted by Crippen LogP contribution is -2.49. The highest BCUT2D eigenvalue weighted by Crippen LogP contribution is 2.44. The van der Waals surface area contributed by atoms with Crippen LogP contribution in [0.25, 0.3) is 5.57 Å². The number of allylic oxidation sites excluding steroid dienone is 1. The quantitative estimate of drug-likeness (QED) is 0.904. The molecule has 0 radical (unpaired) electrons. The second-order valence-electron chi connectivity index (χ2n) is 7.65. The molecule has 136 valence electrons. The standard InChI is InChI=1S/C23H23N3O/c1-2-19-15-26(20-9-7-16(8-10-20)18-11-12-24-14-18)22(27)23(19)13-17-5-3-4-6-21(17)25-23/h3-11,14,19,25H,2,12-13,15H2,1H3. The van der Waals surface area contributed by atoms with Gasteiger partial charge in [-0.25, -0.2) is 0 Å². The van der Waals surface area contributed by atoms with Gasteiger partial charge in [-0.1, -0.05) is 43.3 Å². The van der Waals surface area contributed by atoms with Crippen molar-refractivity contribution in [3.8, 4) is 0 Å². The minimum Gasteiger partial charge on any atom is -0.370 e. The molecule has 3 heterocycles. The summed E-state index contributed by atoms with van der Waals surface area (Å²) in [7, 11) is 0. The lowest BCUT2D eigenvalue weighted by atomic mass is 9.82. The fraction of sp³-hybridized carbons (Fsp3) is 0.304. The molecule has 2 aromatic rings. The van der Waals surface area contributed by atoms with E-state index < -0.39 is 5.54 Å². The van der Waals surface area contributed by atoms with E-state index in [1.165, 1.54) is 5.56 Å². The van der Waals surface area contributed by atoms with Crippen molar-refractivity contribution >= 4 is 29.1 Å². The number of benzene rings is 2. The Kier molecular flexibility index (Phi) is 3.67. The average Bonchev–Trinajstić information content (AvgIpc) is 3.42. The van der Waals surface area contributed by atoms with Crippen molar-refractivity contribution in [3.63, 3.8) is 0 Å². The van der Waals surface area contributed by atoms with Crippen LogP contribution < -0.4 is 10.2 Å². The predicted molar refractivity (Wildman–Crippen MR) is 110 cm³/mol. The molecule has 0 aromatic heterocycles. The molecule has 1 N–H and O–H groups in total. The third-order valence-corrected chi connectivity index (χ3v) is 6.22. The van der Waals surface area contributed by atoms with Gasteiger partial charge in [-0.15, -0.1) is 0 Å². The van der Waals surface area contributed by atoms with Gasteiger partial charge in [0.2, 0.25) is 0 Å². The van der Waals surface area contributed by atoms with E-state index in [1.54, 1.807) is 0 Å². The fourth-order valence-electron chi connectivity index (χ4n) is 4.71. The first-order valence-corrected chi connectivity index (χ1v) is 9.70.